The molecule has 29 heavy (non-hydrogen) atoms. The summed E-state index contributed by atoms with van der Waals surface area (Å²) in [5.74, 6) is -0.605. The van der Waals surface area contributed by atoms with Gasteiger partial charge in [0.2, 0.25) is 0 Å². The van der Waals surface area contributed by atoms with Crippen LogP contribution >= 0.6 is 0 Å². The van der Waals surface area contributed by atoms with Gasteiger partial charge in [-0.05, 0) is 57.6 Å². The van der Waals surface area contributed by atoms with E-state index in [4.69, 9.17) is 0 Å². The lowest BCUT2D eigenvalue weighted by atomic mass is 9.83. The van der Waals surface area contributed by atoms with E-state index >= 15 is 0 Å². The molecular formula is C24H28N2O3. The first-order valence-corrected chi connectivity index (χ1v) is 10.3. The number of amides is 1. The smallest absolute Gasteiger partial charge is 0.251 e. The zero-order valence-electron chi connectivity index (χ0n) is 17.3. The van der Waals surface area contributed by atoms with Crippen molar-refractivity contribution in [3.05, 3.63) is 70.3 Å². The van der Waals surface area contributed by atoms with Crippen molar-refractivity contribution < 1.29 is 14.4 Å². The summed E-state index contributed by atoms with van der Waals surface area (Å²) in [7, 11) is 0. The molecule has 0 bridgehead atoms. The van der Waals surface area contributed by atoms with E-state index in [0.29, 0.717) is 27.8 Å². The normalized spacial score (nSPS) is 13.8. The van der Waals surface area contributed by atoms with Gasteiger partial charge in [0, 0.05) is 33.9 Å². The number of carbonyl (C=O) groups excluding carboxylic acids is 3. The van der Waals surface area contributed by atoms with Gasteiger partial charge in [-0.25, -0.2) is 0 Å². The summed E-state index contributed by atoms with van der Waals surface area (Å²) in [4.78, 5) is 40.5. The second kappa shape index (κ2) is 9.14. The highest BCUT2D eigenvalue weighted by molar-refractivity contribution is 6.28. The van der Waals surface area contributed by atoms with Gasteiger partial charge < -0.3 is 10.2 Å². The summed E-state index contributed by atoms with van der Waals surface area (Å²) in [5, 5.41) is 3.00. The lowest BCUT2D eigenvalue weighted by Gasteiger charge is -2.20. The molecule has 3 rings (SSSR count). The maximum Gasteiger partial charge on any atom is 0.251 e. The molecule has 0 radical (unpaired) electrons. The molecule has 1 atom stereocenters. The third kappa shape index (κ3) is 4.46. The summed E-state index contributed by atoms with van der Waals surface area (Å²) in [5.41, 5.74) is 1.88. The van der Waals surface area contributed by atoms with Crippen LogP contribution in [-0.2, 0) is 0 Å². The highest BCUT2D eigenvalue weighted by Gasteiger charge is 2.30. The molecule has 1 aliphatic rings. The molecule has 0 saturated carbocycles. The Labute approximate surface area is 172 Å². The number of hydrogen-bond donors (Lipinski definition) is 1. The number of fused-ring (bicyclic) bond motifs is 2. The predicted octanol–water partition coefficient (Wildman–Crippen LogP) is 3.70. The maximum atomic E-state index is 12.8. The van der Waals surface area contributed by atoms with E-state index in [1.165, 1.54) is 0 Å². The molecule has 5 heteroatoms. The summed E-state index contributed by atoms with van der Waals surface area (Å²) in [6.07, 6.45) is 1.90. The third-order valence-electron chi connectivity index (χ3n) is 5.57. The maximum absolute atomic E-state index is 12.8. The Hall–Kier alpha value is -2.79. The van der Waals surface area contributed by atoms with Gasteiger partial charge >= 0.3 is 0 Å². The molecular weight excluding hydrogens is 364 g/mol. The molecule has 0 aromatic heterocycles. The van der Waals surface area contributed by atoms with Gasteiger partial charge in [-0.1, -0.05) is 38.1 Å². The Morgan fingerprint density at radius 1 is 0.931 bits per heavy atom. The van der Waals surface area contributed by atoms with Crippen molar-refractivity contribution in [1.82, 2.24) is 10.2 Å². The van der Waals surface area contributed by atoms with Gasteiger partial charge in [0.25, 0.3) is 5.91 Å². The summed E-state index contributed by atoms with van der Waals surface area (Å²) in [6, 6.07) is 11.6. The number of hydrogen-bond acceptors (Lipinski definition) is 4. The fraction of sp³-hybridized carbons (Fsp3) is 0.375. The SMILES string of the molecule is CCN(CC)CCC[C@H](C)NC(=O)c1ccc2c(c1)C(=O)c1ccccc1C2=O. The van der Waals surface area contributed by atoms with Gasteiger partial charge in [-0.3, -0.25) is 14.4 Å². The van der Waals surface area contributed by atoms with Crippen LogP contribution < -0.4 is 5.32 Å². The largest absolute Gasteiger partial charge is 0.350 e. The Morgan fingerprint density at radius 3 is 2.14 bits per heavy atom. The fourth-order valence-electron chi connectivity index (χ4n) is 3.78. The predicted molar refractivity (Wildman–Crippen MR) is 114 cm³/mol. The standard InChI is InChI=1S/C24H28N2O3/c1-4-26(5-2)14-8-9-16(3)25-24(29)17-12-13-20-21(15-17)23(28)19-11-7-6-10-18(19)22(20)27/h6-7,10-13,15-16H,4-5,8-9,14H2,1-3H3,(H,25,29)/t16-/m0/s1. The highest BCUT2D eigenvalue weighted by Crippen LogP contribution is 2.27. The van der Waals surface area contributed by atoms with Crippen LogP contribution in [0, 0.1) is 0 Å². The first kappa shape index (κ1) is 20.9. The van der Waals surface area contributed by atoms with Gasteiger partial charge in [-0.2, -0.15) is 0 Å². The van der Waals surface area contributed by atoms with E-state index in [9.17, 15) is 14.4 Å². The van der Waals surface area contributed by atoms with Gasteiger partial charge in [-0.15, -0.1) is 0 Å². The van der Waals surface area contributed by atoms with Crippen LogP contribution in [0.5, 0.6) is 0 Å². The van der Waals surface area contributed by atoms with Crippen LogP contribution in [0.1, 0.15) is 75.8 Å². The number of ketones is 2. The van der Waals surface area contributed by atoms with E-state index in [1.54, 1.807) is 42.5 Å². The van der Waals surface area contributed by atoms with Gasteiger partial charge in [0.15, 0.2) is 11.6 Å². The van der Waals surface area contributed by atoms with E-state index in [-0.39, 0.29) is 23.5 Å². The van der Waals surface area contributed by atoms with Crippen molar-refractivity contribution >= 4 is 17.5 Å². The Bertz CT molecular complexity index is 931. The average molecular weight is 392 g/mol. The molecule has 0 spiro atoms. The fourth-order valence-corrected chi connectivity index (χ4v) is 3.78. The molecule has 1 N–H and O–H groups in total. The second-order valence-corrected chi connectivity index (χ2v) is 7.51. The molecule has 0 unspecified atom stereocenters. The van der Waals surface area contributed by atoms with E-state index in [2.05, 4.69) is 24.1 Å². The molecule has 1 aliphatic carbocycles. The number of carbonyl (C=O) groups is 3. The topological polar surface area (TPSA) is 66.5 Å². The Balaban J connectivity index is 1.69. The van der Waals surface area contributed by atoms with Crippen LogP contribution in [0.2, 0.25) is 0 Å². The van der Waals surface area contributed by atoms with Gasteiger partial charge in [0.1, 0.15) is 0 Å². The van der Waals surface area contributed by atoms with Crippen LogP contribution in [0.3, 0.4) is 0 Å². The van der Waals surface area contributed by atoms with Crippen LogP contribution in [0.25, 0.3) is 0 Å². The molecule has 0 saturated heterocycles. The van der Waals surface area contributed by atoms with E-state index in [0.717, 1.165) is 32.5 Å². The van der Waals surface area contributed by atoms with Gasteiger partial charge in [0.05, 0.1) is 0 Å². The van der Waals surface area contributed by atoms with Crippen molar-refractivity contribution in [3.63, 3.8) is 0 Å². The average Bonchev–Trinajstić information content (AvgIpc) is 2.74. The molecule has 2 aromatic carbocycles. The minimum Gasteiger partial charge on any atom is -0.350 e. The Morgan fingerprint density at radius 2 is 1.52 bits per heavy atom. The quantitative estimate of drug-likeness (QED) is 0.635. The first-order chi connectivity index (χ1) is 14.0. The van der Waals surface area contributed by atoms with E-state index in [1.807, 2.05) is 6.92 Å². The zero-order chi connectivity index (χ0) is 21.0. The molecule has 2 aromatic rings. The number of nitrogens with zero attached hydrogens (tertiary/aromatic N) is 1. The summed E-state index contributed by atoms with van der Waals surface area (Å²) < 4.78 is 0. The molecule has 152 valence electrons. The zero-order valence-corrected chi connectivity index (χ0v) is 17.3. The molecule has 0 fully saturated rings. The highest BCUT2D eigenvalue weighted by atomic mass is 16.2. The molecule has 0 aliphatic heterocycles. The second-order valence-electron chi connectivity index (χ2n) is 7.51. The number of nitrogens with one attached hydrogen (secondary N) is 1. The summed E-state index contributed by atoms with van der Waals surface area (Å²) >= 11 is 0. The summed E-state index contributed by atoms with van der Waals surface area (Å²) in [6.45, 7) is 9.36. The van der Waals surface area contributed by atoms with Crippen molar-refractivity contribution in [3.8, 4) is 0 Å². The van der Waals surface area contributed by atoms with E-state index < -0.39 is 0 Å². The van der Waals surface area contributed by atoms with Crippen LogP contribution in [0.15, 0.2) is 42.5 Å². The Kier molecular flexibility index (Phi) is 6.60. The minimum atomic E-state index is -0.220. The monoisotopic (exact) mass is 392 g/mol. The molecule has 0 heterocycles. The van der Waals surface area contributed by atoms with Crippen molar-refractivity contribution in [2.24, 2.45) is 0 Å². The first-order valence-electron chi connectivity index (χ1n) is 10.3. The number of benzene rings is 2. The van der Waals surface area contributed by atoms with Crippen LogP contribution in [0.4, 0.5) is 0 Å². The van der Waals surface area contributed by atoms with Crippen molar-refractivity contribution in [2.75, 3.05) is 19.6 Å². The van der Waals surface area contributed by atoms with Crippen molar-refractivity contribution in [1.29, 1.82) is 0 Å². The number of rotatable bonds is 8. The third-order valence-corrected chi connectivity index (χ3v) is 5.57. The van der Waals surface area contributed by atoms with Crippen molar-refractivity contribution in [2.45, 2.75) is 39.7 Å². The molecule has 1 amide bonds. The lowest BCUT2D eigenvalue weighted by Crippen LogP contribution is -2.34. The molecule has 5 nitrogen and oxygen atoms in total. The lowest BCUT2D eigenvalue weighted by molar-refractivity contribution is 0.0935. The minimum absolute atomic E-state index is 0.0344. The van der Waals surface area contributed by atoms with Crippen LogP contribution in [-0.4, -0.2) is 48.0 Å².